The fourth-order valence-electron chi connectivity index (χ4n) is 3.23. The fourth-order valence-corrected chi connectivity index (χ4v) is 4.56. The summed E-state index contributed by atoms with van der Waals surface area (Å²) in [5.41, 5.74) is 4.47. The highest BCUT2D eigenvalue weighted by Crippen LogP contribution is 2.29. The zero-order valence-corrected chi connectivity index (χ0v) is 18.9. The number of rotatable bonds is 7. The van der Waals surface area contributed by atoms with Crippen LogP contribution in [0, 0.1) is 6.92 Å². The lowest BCUT2D eigenvalue weighted by molar-refractivity contribution is 0.601. The molecule has 1 aromatic heterocycles. The third kappa shape index (κ3) is 4.73. The van der Waals surface area contributed by atoms with E-state index in [0.29, 0.717) is 11.0 Å². The molecular formula is C23H23ClN4O2S. The molecule has 0 fully saturated rings. The van der Waals surface area contributed by atoms with Crippen LogP contribution in [-0.2, 0) is 16.4 Å². The molecule has 0 aliphatic rings. The molecule has 4 aromatic rings. The molecule has 8 heteroatoms. The number of anilines is 1. The van der Waals surface area contributed by atoms with Gasteiger partial charge in [0.15, 0.2) is 0 Å². The van der Waals surface area contributed by atoms with Crippen molar-refractivity contribution in [1.29, 1.82) is 0 Å². The molecule has 0 aliphatic carbocycles. The summed E-state index contributed by atoms with van der Waals surface area (Å²) in [6, 6.07) is 17.9. The van der Waals surface area contributed by atoms with Gasteiger partial charge in [-0.3, -0.25) is 4.72 Å². The smallest absolute Gasteiger partial charge is 0.261 e. The predicted octanol–water partition coefficient (Wildman–Crippen LogP) is 5.53. The topological polar surface area (TPSA) is 76.9 Å². The number of aromatic nitrogens is 3. The van der Waals surface area contributed by atoms with Crippen molar-refractivity contribution in [3.8, 4) is 5.69 Å². The van der Waals surface area contributed by atoms with Crippen molar-refractivity contribution in [2.24, 2.45) is 0 Å². The molecule has 0 spiro atoms. The van der Waals surface area contributed by atoms with Crippen LogP contribution in [0.1, 0.15) is 30.9 Å². The Labute approximate surface area is 186 Å². The van der Waals surface area contributed by atoms with E-state index in [2.05, 4.69) is 34.0 Å². The molecule has 1 heterocycles. The molecule has 1 N–H and O–H groups in total. The van der Waals surface area contributed by atoms with E-state index in [9.17, 15) is 8.42 Å². The second-order valence-corrected chi connectivity index (χ2v) is 9.59. The van der Waals surface area contributed by atoms with Gasteiger partial charge in [0, 0.05) is 0 Å². The van der Waals surface area contributed by atoms with Crippen molar-refractivity contribution in [2.75, 3.05) is 4.72 Å². The second-order valence-electron chi connectivity index (χ2n) is 7.50. The van der Waals surface area contributed by atoms with Crippen LogP contribution in [0.15, 0.2) is 65.6 Å². The van der Waals surface area contributed by atoms with E-state index in [1.807, 2.05) is 19.1 Å². The Hall–Kier alpha value is -2.90. The van der Waals surface area contributed by atoms with Crippen LogP contribution in [0.2, 0.25) is 5.02 Å². The van der Waals surface area contributed by atoms with Gasteiger partial charge in [-0.25, -0.2) is 8.42 Å². The average Bonchev–Trinajstić information content (AvgIpc) is 3.15. The van der Waals surface area contributed by atoms with Crippen molar-refractivity contribution >= 4 is 38.3 Å². The lowest BCUT2D eigenvalue weighted by Gasteiger charge is -2.09. The van der Waals surface area contributed by atoms with Gasteiger partial charge in [0.2, 0.25) is 0 Å². The molecular weight excluding hydrogens is 432 g/mol. The quantitative estimate of drug-likeness (QED) is 0.398. The third-order valence-electron chi connectivity index (χ3n) is 5.03. The molecule has 0 amide bonds. The number of halogens is 1. The first kappa shape index (κ1) is 21.3. The first-order valence-corrected chi connectivity index (χ1v) is 12.0. The molecule has 4 rings (SSSR count). The molecule has 0 aliphatic heterocycles. The van der Waals surface area contributed by atoms with Crippen LogP contribution in [0.5, 0.6) is 0 Å². The number of unbranched alkanes of at least 4 members (excludes halogenated alkanes) is 1. The maximum absolute atomic E-state index is 12.7. The van der Waals surface area contributed by atoms with E-state index in [-0.39, 0.29) is 15.6 Å². The lowest BCUT2D eigenvalue weighted by atomic mass is 10.1. The minimum atomic E-state index is -3.77. The highest BCUT2D eigenvalue weighted by Gasteiger charge is 2.17. The normalized spacial score (nSPS) is 11.7. The zero-order valence-electron chi connectivity index (χ0n) is 17.3. The first-order valence-electron chi connectivity index (χ1n) is 10.1. The number of fused-ring (bicyclic) bond motifs is 1. The number of hydrogen-bond donors (Lipinski definition) is 1. The number of aryl methyl sites for hydroxylation is 2. The summed E-state index contributed by atoms with van der Waals surface area (Å²) in [5, 5.41) is 9.24. The van der Waals surface area contributed by atoms with Crippen LogP contribution in [0.3, 0.4) is 0 Å². The van der Waals surface area contributed by atoms with Crippen molar-refractivity contribution in [3.05, 3.63) is 76.8 Å². The highest BCUT2D eigenvalue weighted by atomic mass is 35.5. The van der Waals surface area contributed by atoms with Crippen molar-refractivity contribution in [3.63, 3.8) is 0 Å². The van der Waals surface area contributed by atoms with Crippen LogP contribution in [0.25, 0.3) is 16.7 Å². The summed E-state index contributed by atoms with van der Waals surface area (Å²) >= 11 is 6.34. The predicted molar refractivity (Wildman–Crippen MR) is 124 cm³/mol. The number of nitrogens with one attached hydrogen (secondary N) is 1. The van der Waals surface area contributed by atoms with E-state index in [4.69, 9.17) is 11.6 Å². The minimum Gasteiger partial charge on any atom is -0.278 e. The summed E-state index contributed by atoms with van der Waals surface area (Å²) in [6.45, 7) is 4.07. The summed E-state index contributed by atoms with van der Waals surface area (Å²) in [6.07, 6.45) is 3.36. The summed E-state index contributed by atoms with van der Waals surface area (Å²) < 4.78 is 28.0. The molecule has 160 valence electrons. The monoisotopic (exact) mass is 454 g/mol. The Morgan fingerprint density at radius 3 is 2.26 bits per heavy atom. The number of nitrogens with zero attached hydrogens (tertiary/aromatic N) is 3. The van der Waals surface area contributed by atoms with Crippen LogP contribution in [0.4, 0.5) is 5.69 Å². The largest absolute Gasteiger partial charge is 0.278 e. The number of benzene rings is 3. The molecule has 0 radical (unpaired) electrons. The van der Waals surface area contributed by atoms with Crippen LogP contribution >= 0.6 is 11.6 Å². The summed E-state index contributed by atoms with van der Waals surface area (Å²) in [4.78, 5) is 1.70. The minimum absolute atomic E-state index is 0.168. The Morgan fingerprint density at radius 1 is 0.968 bits per heavy atom. The van der Waals surface area contributed by atoms with Crippen molar-refractivity contribution < 1.29 is 8.42 Å². The Kier molecular flexibility index (Phi) is 5.98. The molecule has 3 aromatic carbocycles. The van der Waals surface area contributed by atoms with Gasteiger partial charge in [-0.05, 0) is 61.7 Å². The molecule has 31 heavy (non-hydrogen) atoms. The maximum atomic E-state index is 12.7. The van der Waals surface area contributed by atoms with Gasteiger partial charge in [0.1, 0.15) is 11.0 Å². The zero-order chi connectivity index (χ0) is 22.0. The second kappa shape index (κ2) is 8.69. The van der Waals surface area contributed by atoms with Gasteiger partial charge in [-0.1, -0.05) is 54.8 Å². The molecule has 0 bridgehead atoms. The Bertz CT molecular complexity index is 1310. The Balaban J connectivity index is 1.62. The highest BCUT2D eigenvalue weighted by molar-refractivity contribution is 7.92. The van der Waals surface area contributed by atoms with Crippen molar-refractivity contribution in [2.45, 2.75) is 38.0 Å². The average molecular weight is 455 g/mol. The lowest BCUT2D eigenvalue weighted by Crippen LogP contribution is -2.13. The summed E-state index contributed by atoms with van der Waals surface area (Å²) in [5.74, 6) is 0. The molecule has 0 atom stereocenters. The first-order chi connectivity index (χ1) is 14.9. The fraction of sp³-hybridized carbons (Fsp3) is 0.217. The SMILES string of the molecule is CCCCc1ccc(-n2nc3cc(Cl)c(NS(=O)(=O)c4ccc(C)cc4)cc3n2)cc1. The van der Waals surface area contributed by atoms with Crippen molar-refractivity contribution in [1.82, 2.24) is 15.0 Å². The molecule has 0 saturated heterocycles. The van der Waals surface area contributed by atoms with E-state index in [1.54, 1.807) is 36.4 Å². The molecule has 0 unspecified atom stereocenters. The van der Waals surface area contributed by atoms with Gasteiger partial charge in [0.25, 0.3) is 10.0 Å². The van der Waals surface area contributed by atoms with Gasteiger partial charge >= 0.3 is 0 Å². The van der Waals surface area contributed by atoms with Crippen LogP contribution < -0.4 is 4.72 Å². The van der Waals surface area contributed by atoms with E-state index >= 15 is 0 Å². The number of sulfonamides is 1. The van der Waals surface area contributed by atoms with Crippen LogP contribution in [-0.4, -0.2) is 23.4 Å². The van der Waals surface area contributed by atoms with E-state index in [0.717, 1.165) is 30.5 Å². The van der Waals surface area contributed by atoms with E-state index in [1.165, 1.54) is 10.4 Å². The standard InChI is InChI=1S/C23H23ClN4O2S/c1-3-4-5-17-8-10-18(11-9-17)28-25-22-14-20(24)21(15-23(22)26-28)27-31(29,30)19-12-6-16(2)7-13-19/h6-15,27H,3-5H2,1-2H3. The van der Waals surface area contributed by atoms with Gasteiger partial charge < -0.3 is 0 Å². The van der Waals surface area contributed by atoms with Gasteiger partial charge in [0.05, 0.1) is 21.3 Å². The summed E-state index contributed by atoms with van der Waals surface area (Å²) in [7, 11) is -3.77. The van der Waals surface area contributed by atoms with Gasteiger partial charge in [-0.15, -0.1) is 10.2 Å². The van der Waals surface area contributed by atoms with E-state index < -0.39 is 10.0 Å². The third-order valence-corrected chi connectivity index (χ3v) is 6.73. The molecule has 0 saturated carbocycles. The Morgan fingerprint density at radius 2 is 1.61 bits per heavy atom. The number of hydrogen-bond acceptors (Lipinski definition) is 4. The maximum Gasteiger partial charge on any atom is 0.261 e. The molecule has 6 nitrogen and oxygen atoms in total. The van der Waals surface area contributed by atoms with Gasteiger partial charge in [-0.2, -0.15) is 4.80 Å².